The molecule has 1 unspecified atom stereocenters. The number of carbonyl (C=O) groups excluding carboxylic acids is 1. The van der Waals surface area contributed by atoms with Crippen LogP contribution in [0.25, 0.3) is 5.65 Å². The Bertz CT molecular complexity index is 1160. The van der Waals surface area contributed by atoms with Crippen LogP contribution in [0.4, 0.5) is 8.78 Å². The second kappa shape index (κ2) is 9.12. The van der Waals surface area contributed by atoms with Crippen LogP contribution in [0, 0.1) is 25.5 Å². The topological polar surface area (TPSA) is 90.9 Å². The van der Waals surface area contributed by atoms with Gasteiger partial charge in [-0.1, -0.05) is 6.92 Å². The van der Waals surface area contributed by atoms with Crippen LogP contribution in [0.1, 0.15) is 47.6 Å². The predicted octanol–water partition coefficient (Wildman–Crippen LogP) is 3.67. The lowest BCUT2D eigenvalue weighted by atomic mass is 10.0. The number of hydrogen-bond acceptors (Lipinski definition) is 5. The van der Waals surface area contributed by atoms with E-state index in [0.29, 0.717) is 35.8 Å². The van der Waals surface area contributed by atoms with Crippen LogP contribution in [0.3, 0.4) is 0 Å². The number of ether oxygens (including phenoxy) is 2. The minimum atomic E-state index is -0.823. The summed E-state index contributed by atoms with van der Waals surface area (Å²) in [5, 5.41) is 2.85. The van der Waals surface area contributed by atoms with Crippen molar-refractivity contribution in [2.75, 3.05) is 13.7 Å². The van der Waals surface area contributed by atoms with Crippen molar-refractivity contribution < 1.29 is 23.0 Å². The molecule has 1 amide bonds. The van der Waals surface area contributed by atoms with Crippen LogP contribution >= 0.6 is 0 Å². The lowest BCUT2D eigenvalue weighted by Crippen LogP contribution is -2.47. The van der Waals surface area contributed by atoms with Crippen molar-refractivity contribution in [3.8, 4) is 11.5 Å². The number of aryl methyl sites for hydroxylation is 2. The third-order valence-electron chi connectivity index (χ3n) is 5.42. The lowest BCUT2D eigenvalue weighted by Gasteiger charge is -2.22. The van der Waals surface area contributed by atoms with E-state index in [9.17, 15) is 13.6 Å². The lowest BCUT2D eigenvalue weighted by molar-refractivity contribution is 0.0937. The standard InChI is InChI=1S/C23H28F2N4O3/c1-6-23(4,26)12-27-22(30)20-14(3)28-21-18(9-13(2)10-29(20)21)32-11-15-16(24)7-8-17(31-5)19(15)25/h7-10H,6,11-12,26H2,1-5H3,(H,27,30). The number of nitrogens with one attached hydrogen (secondary N) is 1. The van der Waals surface area contributed by atoms with Gasteiger partial charge in [0, 0.05) is 18.3 Å². The van der Waals surface area contributed by atoms with Crippen LogP contribution in [0.15, 0.2) is 24.4 Å². The highest BCUT2D eigenvalue weighted by atomic mass is 19.1. The van der Waals surface area contributed by atoms with Crippen molar-refractivity contribution in [1.82, 2.24) is 14.7 Å². The molecule has 0 aliphatic rings. The molecule has 172 valence electrons. The molecule has 0 fully saturated rings. The van der Waals surface area contributed by atoms with Crippen LogP contribution < -0.4 is 20.5 Å². The summed E-state index contributed by atoms with van der Waals surface area (Å²) >= 11 is 0. The maximum Gasteiger partial charge on any atom is 0.270 e. The summed E-state index contributed by atoms with van der Waals surface area (Å²) in [5.41, 5.74) is 7.33. The average molecular weight is 446 g/mol. The Morgan fingerprint density at radius 3 is 2.66 bits per heavy atom. The molecule has 0 bridgehead atoms. The monoisotopic (exact) mass is 446 g/mol. The molecule has 2 aromatic heterocycles. The Labute approximate surface area is 185 Å². The van der Waals surface area contributed by atoms with Crippen LogP contribution in [0.5, 0.6) is 11.5 Å². The molecule has 3 aromatic rings. The second-order valence-electron chi connectivity index (χ2n) is 8.14. The van der Waals surface area contributed by atoms with E-state index in [1.54, 1.807) is 23.6 Å². The first kappa shape index (κ1) is 23.5. The zero-order valence-electron chi connectivity index (χ0n) is 18.9. The summed E-state index contributed by atoms with van der Waals surface area (Å²) < 4.78 is 41.0. The molecule has 3 N–H and O–H groups in total. The summed E-state index contributed by atoms with van der Waals surface area (Å²) in [6, 6.07) is 4.04. The number of hydrogen-bond donors (Lipinski definition) is 2. The second-order valence-corrected chi connectivity index (χ2v) is 8.14. The van der Waals surface area contributed by atoms with Crippen molar-refractivity contribution in [2.24, 2.45) is 5.73 Å². The maximum atomic E-state index is 14.5. The molecule has 9 heteroatoms. The average Bonchev–Trinajstić information content (AvgIpc) is 3.07. The van der Waals surface area contributed by atoms with E-state index in [-0.39, 0.29) is 23.8 Å². The van der Waals surface area contributed by atoms with E-state index in [4.69, 9.17) is 15.2 Å². The summed E-state index contributed by atoms with van der Waals surface area (Å²) in [6.07, 6.45) is 2.46. The number of nitrogens with two attached hydrogens (primary N) is 1. The van der Waals surface area contributed by atoms with Gasteiger partial charge < -0.3 is 20.5 Å². The first-order valence-corrected chi connectivity index (χ1v) is 10.3. The molecule has 0 saturated carbocycles. The van der Waals surface area contributed by atoms with Gasteiger partial charge in [-0.05, 0) is 51.0 Å². The molecule has 3 rings (SSSR count). The van der Waals surface area contributed by atoms with Gasteiger partial charge in [-0.15, -0.1) is 0 Å². The normalized spacial score (nSPS) is 13.1. The van der Waals surface area contributed by atoms with E-state index in [0.717, 1.165) is 11.6 Å². The quantitative estimate of drug-likeness (QED) is 0.551. The van der Waals surface area contributed by atoms with Gasteiger partial charge in [0.2, 0.25) is 0 Å². The molecule has 2 heterocycles. The zero-order valence-corrected chi connectivity index (χ0v) is 18.9. The number of pyridine rings is 1. The maximum absolute atomic E-state index is 14.5. The Kier molecular flexibility index (Phi) is 6.68. The van der Waals surface area contributed by atoms with Crippen LogP contribution in [0.2, 0.25) is 0 Å². The van der Waals surface area contributed by atoms with Crippen molar-refractivity contribution in [3.63, 3.8) is 0 Å². The molecule has 7 nitrogen and oxygen atoms in total. The first-order chi connectivity index (χ1) is 15.1. The molecule has 0 aliphatic carbocycles. The van der Waals surface area contributed by atoms with Gasteiger partial charge >= 0.3 is 0 Å². The summed E-state index contributed by atoms with van der Waals surface area (Å²) in [5.74, 6) is -1.66. The molecular formula is C23H28F2N4O3. The van der Waals surface area contributed by atoms with Crippen molar-refractivity contribution in [3.05, 3.63) is 58.5 Å². The van der Waals surface area contributed by atoms with Gasteiger partial charge in [0.05, 0.1) is 18.4 Å². The van der Waals surface area contributed by atoms with Gasteiger partial charge in [0.1, 0.15) is 18.1 Å². The van der Waals surface area contributed by atoms with E-state index in [2.05, 4.69) is 10.3 Å². The minimum absolute atomic E-state index is 0.0750. The largest absolute Gasteiger partial charge is 0.494 e. The molecule has 32 heavy (non-hydrogen) atoms. The number of imidazole rings is 1. The fraction of sp³-hybridized carbons (Fsp3) is 0.391. The molecule has 0 aliphatic heterocycles. The Balaban J connectivity index is 1.94. The molecule has 1 aromatic carbocycles. The molecule has 0 saturated heterocycles. The Morgan fingerprint density at radius 2 is 2.00 bits per heavy atom. The number of fused-ring (bicyclic) bond motifs is 1. The van der Waals surface area contributed by atoms with Gasteiger partial charge in [-0.3, -0.25) is 9.20 Å². The zero-order chi connectivity index (χ0) is 23.6. The SMILES string of the molecule is CCC(C)(N)CNC(=O)c1c(C)nc2c(OCc3c(F)ccc(OC)c3F)cc(C)cn12. The van der Waals surface area contributed by atoms with Crippen molar-refractivity contribution in [2.45, 2.75) is 46.3 Å². The summed E-state index contributed by atoms with van der Waals surface area (Å²) in [7, 11) is 1.30. The minimum Gasteiger partial charge on any atom is -0.494 e. The highest BCUT2D eigenvalue weighted by molar-refractivity contribution is 5.95. The van der Waals surface area contributed by atoms with E-state index in [1.165, 1.54) is 13.2 Å². The summed E-state index contributed by atoms with van der Waals surface area (Å²) in [4.78, 5) is 17.3. The van der Waals surface area contributed by atoms with Crippen LogP contribution in [-0.2, 0) is 6.61 Å². The number of halogens is 2. The Hall–Kier alpha value is -3.20. The first-order valence-electron chi connectivity index (χ1n) is 10.3. The van der Waals surface area contributed by atoms with E-state index >= 15 is 0 Å². The third kappa shape index (κ3) is 4.67. The van der Waals surface area contributed by atoms with Crippen LogP contribution in [-0.4, -0.2) is 34.5 Å². The molecular weight excluding hydrogens is 418 g/mol. The highest BCUT2D eigenvalue weighted by Crippen LogP contribution is 2.28. The van der Waals surface area contributed by atoms with Crippen molar-refractivity contribution >= 4 is 11.6 Å². The fourth-order valence-corrected chi connectivity index (χ4v) is 3.24. The van der Waals surface area contributed by atoms with Gasteiger partial charge in [0.25, 0.3) is 5.91 Å². The number of rotatable bonds is 8. The molecule has 1 atom stereocenters. The predicted molar refractivity (Wildman–Crippen MR) is 117 cm³/mol. The van der Waals surface area contributed by atoms with E-state index < -0.39 is 17.2 Å². The van der Waals surface area contributed by atoms with Gasteiger partial charge in [-0.25, -0.2) is 13.8 Å². The Morgan fingerprint density at radius 1 is 1.28 bits per heavy atom. The summed E-state index contributed by atoms with van der Waals surface area (Å²) in [6.45, 7) is 7.28. The smallest absolute Gasteiger partial charge is 0.270 e. The van der Waals surface area contributed by atoms with Crippen molar-refractivity contribution in [1.29, 1.82) is 0 Å². The number of aromatic nitrogens is 2. The number of carbonyl (C=O) groups is 1. The molecule has 0 spiro atoms. The molecule has 0 radical (unpaired) electrons. The third-order valence-corrected chi connectivity index (χ3v) is 5.42. The number of nitrogens with zero attached hydrogens (tertiary/aromatic N) is 2. The number of amides is 1. The van der Waals surface area contributed by atoms with Gasteiger partial charge in [-0.2, -0.15) is 0 Å². The highest BCUT2D eigenvalue weighted by Gasteiger charge is 2.23. The number of methoxy groups -OCH3 is 1. The van der Waals surface area contributed by atoms with Gasteiger partial charge in [0.15, 0.2) is 23.0 Å². The van der Waals surface area contributed by atoms with E-state index in [1.807, 2.05) is 20.8 Å². The fourth-order valence-electron chi connectivity index (χ4n) is 3.24. The number of benzene rings is 1.